The van der Waals surface area contributed by atoms with E-state index >= 15 is 0 Å². The Morgan fingerprint density at radius 1 is 1.37 bits per heavy atom. The summed E-state index contributed by atoms with van der Waals surface area (Å²) in [5.41, 5.74) is 5.41. The molecule has 1 saturated heterocycles. The van der Waals surface area contributed by atoms with E-state index in [0.29, 0.717) is 13.0 Å². The van der Waals surface area contributed by atoms with E-state index in [1.54, 1.807) is 0 Å². The van der Waals surface area contributed by atoms with Gasteiger partial charge in [0.1, 0.15) is 6.04 Å². The highest BCUT2D eigenvalue weighted by atomic mass is 16.2. The number of carbonyl (C=O) groups excluding carboxylic acids is 2. The van der Waals surface area contributed by atoms with Crippen LogP contribution >= 0.6 is 0 Å². The molecular weight excluding hydrogens is 242 g/mol. The van der Waals surface area contributed by atoms with Crippen LogP contribution in [0.3, 0.4) is 0 Å². The molecule has 0 bridgehead atoms. The van der Waals surface area contributed by atoms with Gasteiger partial charge in [-0.3, -0.25) is 9.59 Å². The van der Waals surface area contributed by atoms with Crippen LogP contribution in [0.25, 0.3) is 0 Å². The lowest BCUT2D eigenvalue weighted by atomic mass is 10.1. The van der Waals surface area contributed by atoms with Gasteiger partial charge in [-0.15, -0.1) is 0 Å². The molecule has 0 aromatic rings. The minimum Gasteiger partial charge on any atom is -0.344 e. The van der Waals surface area contributed by atoms with Crippen LogP contribution in [0.4, 0.5) is 0 Å². The molecule has 1 rings (SSSR count). The van der Waals surface area contributed by atoms with Gasteiger partial charge in [-0.05, 0) is 39.7 Å². The zero-order chi connectivity index (χ0) is 14.3. The number of nitrogens with zero attached hydrogens (tertiary/aromatic N) is 1. The minimum atomic E-state index is -0.307. The number of amides is 2. The molecule has 1 heterocycles. The average Bonchev–Trinajstić information content (AvgIpc) is 2.71. The number of hydrogen-bond donors (Lipinski definition) is 2. The number of nitrogens with two attached hydrogens (primary N) is 1. The topological polar surface area (TPSA) is 75.4 Å². The average molecular weight is 269 g/mol. The van der Waals surface area contributed by atoms with Crippen LogP contribution < -0.4 is 11.1 Å². The molecule has 1 fully saturated rings. The smallest absolute Gasteiger partial charge is 0.245 e. The molecule has 1 unspecified atom stereocenters. The molecule has 0 aromatic carbocycles. The first-order chi connectivity index (χ1) is 9.06. The van der Waals surface area contributed by atoms with Crippen LogP contribution in [-0.2, 0) is 9.59 Å². The third kappa shape index (κ3) is 5.19. The van der Waals surface area contributed by atoms with Crippen molar-refractivity contribution in [1.29, 1.82) is 0 Å². The van der Waals surface area contributed by atoms with Gasteiger partial charge in [-0.1, -0.05) is 12.8 Å². The van der Waals surface area contributed by atoms with Crippen LogP contribution in [0, 0.1) is 0 Å². The maximum absolute atomic E-state index is 12.0. The predicted octanol–water partition coefficient (Wildman–Crippen LogP) is 1.02. The molecule has 2 amide bonds. The fourth-order valence-corrected chi connectivity index (χ4v) is 2.40. The summed E-state index contributed by atoms with van der Waals surface area (Å²) in [5.74, 6) is 0.0585. The van der Waals surface area contributed by atoms with E-state index in [2.05, 4.69) is 5.32 Å². The molecule has 3 N–H and O–H groups in total. The van der Waals surface area contributed by atoms with E-state index in [-0.39, 0.29) is 23.9 Å². The third-order valence-corrected chi connectivity index (χ3v) is 3.56. The summed E-state index contributed by atoms with van der Waals surface area (Å²) >= 11 is 0. The first-order valence-electron chi connectivity index (χ1n) is 7.36. The summed E-state index contributed by atoms with van der Waals surface area (Å²) in [4.78, 5) is 25.6. The molecule has 0 spiro atoms. The van der Waals surface area contributed by atoms with E-state index in [9.17, 15) is 9.59 Å². The molecular formula is C14H27N3O2. The maximum atomic E-state index is 12.0. The Kier molecular flexibility index (Phi) is 6.84. The Morgan fingerprint density at radius 2 is 2.05 bits per heavy atom. The number of rotatable bonds is 8. The quantitative estimate of drug-likeness (QED) is 0.646. The fraction of sp³-hybridized carbons (Fsp3) is 0.857. The van der Waals surface area contributed by atoms with Gasteiger partial charge in [0.25, 0.3) is 0 Å². The standard InChI is InChI=1S/C14H27N3O2/c1-11(2)17-10-8-12(14(17)19)16-13(18)7-5-3-4-6-9-15/h11-12H,3-10,15H2,1-2H3,(H,16,18). The van der Waals surface area contributed by atoms with Gasteiger partial charge in [-0.25, -0.2) is 0 Å². The molecule has 1 atom stereocenters. The van der Waals surface area contributed by atoms with Crippen LogP contribution in [0.2, 0.25) is 0 Å². The number of nitrogens with one attached hydrogen (secondary N) is 1. The summed E-state index contributed by atoms with van der Waals surface area (Å²) in [6, 6.07) is -0.0930. The Bertz CT molecular complexity index is 305. The van der Waals surface area contributed by atoms with Crippen molar-refractivity contribution in [3.63, 3.8) is 0 Å². The van der Waals surface area contributed by atoms with Gasteiger partial charge >= 0.3 is 0 Å². The lowest BCUT2D eigenvalue weighted by Gasteiger charge is -2.21. The second-order valence-corrected chi connectivity index (χ2v) is 5.49. The SMILES string of the molecule is CC(C)N1CCC(NC(=O)CCCCCCN)C1=O. The molecule has 5 nitrogen and oxygen atoms in total. The maximum Gasteiger partial charge on any atom is 0.245 e. The van der Waals surface area contributed by atoms with Crippen molar-refractivity contribution in [3.05, 3.63) is 0 Å². The lowest BCUT2D eigenvalue weighted by molar-refractivity contribution is -0.133. The van der Waals surface area contributed by atoms with Crippen LogP contribution in [0.5, 0.6) is 0 Å². The first kappa shape index (κ1) is 16.0. The lowest BCUT2D eigenvalue weighted by Crippen LogP contribution is -2.43. The Hall–Kier alpha value is -1.10. The van der Waals surface area contributed by atoms with Crippen LogP contribution in [-0.4, -0.2) is 41.9 Å². The normalized spacial score (nSPS) is 19.3. The molecule has 0 aliphatic carbocycles. The summed E-state index contributed by atoms with van der Waals surface area (Å²) in [6.07, 6.45) is 5.24. The van der Waals surface area contributed by atoms with Gasteiger partial charge < -0.3 is 16.0 Å². The monoisotopic (exact) mass is 269 g/mol. The summed E-state index contributed by atoms with van der Waals surface area (Å²) in [6.45, 7) is 5.46. The van der Waals surface area contributed by atoms with Crippen molar-refractivity contribution < 1.29 is 9.59 Å². The highest BCUT2D eigenvalue weighted by Gasteiger charge is 2.33. The predicted molar refractivity (Wildman–Crippen MR) is 75.5 cm³/mol. The van der Waals surface area contributed by atoms with Gasteiger partial charge in [0.15, 0.2) is 0 Å². The molecule has 110 valence electrons. The van der Waals surface area contributed by atoms with Crippen LogP contribution in [0.1, 0.15) is 52.4 Å². The van der Waals surface area contributed by atoms with E-state index in [0.717, 1.165) is 38.6 Å². The molecule has 0 radical (unpaired) electrons. The van der Waals surface area contributed by atoms with E-state index in [4.69, 9.17) is 5.73 Å². The van der Waals surface area contributed by atoms with Gasteiger partial charge in [0.2, 0.25) is 11.8 Å². The van der Waals surface area contributed by atoms with Gasteiger partial charge in [0, 0.05) is 19.0 Å². The molecule has 1 aliphatic heterocycles. The van der Waals surface area contributed by atoms with Crippen molar-refractivity contribution >= 4 is 11.8 Å². The zero-order valence-electron chi connectivity index (χ0n) is 12.2. The fourth-order valence-electron chi connectivity index (χ4n) is 2.40. The molecule has 19 heavy (non-hydrogen) atoms. The van der Waals surface area contributed by atoms with Crippen LogP contribution in [0.15, 0.2) is 0 Å². The van der Waals surface area contributed by atoms with E-state index < -0.39 is 0 Å². The number of likely N-dealkylation sites (tertiary alicyclic amines) is 1. The Labute approximate surface area is 115 Å². The van der Waals surface area contributed by atoms with Crippen molar-refractivity contribution in [1.82, 2.24) is 10.2 Å². The number of carbonyl (C=O) groups is 2. The highest BCUT2D eigenvalue weighted by molar-refractivity contribution is 5.89. The van der Waals surface area contributed by atoms with Crippen molar-refractivity contribution in [3.8, 4) is 0 Å². The minimum absolute atomic E-state index is 0.00305. The van der Waals surface area contributed by atoms with Gasteiger partial charge in [0.05, 0.1) is 0 Å². The summed E-state index contributed by atoms with van der Waals surface area (Å²) in [5, 5.41) is 2.85. The number of unbranched alkanes of at least 4 members (excludes halogenated alkanes) is 3. The molecule has 0 aromatic heterocycles. The molecule has 5 heteroatoms. The zero-order valence-corrected chi connectivity index (χ0v) is 12.2. The van der Waals surface area contributed by atoms with Crippen molar-refractivity contribution in [2.75, 3.05) is 13.1 Å². The Morgan fingerprint density at radius 3 is 2.63 bits per heavy atom. The van der Waals surface area contributed by atoms with E-state index in [1.165, 1.54) is 0 Å². The molecule has 0 saturated carbocycles. The molecule has 1 aliphatic rings. The van der Waals surface area contributed by atoms with Crippen molar-refractivity contribution in [2.45, 2.75) is 64.5 Å². The largest absolute Gasteiger partial charge is 0.344 e. The summed E-state index contributed by atoms with van der Waals surface area (Å²) in [7, 11) is 0. The van der Waals surface area contributed by atoms with Crippen molar-refractivity contribution in [2.24, 2.45) is 5.73 Å². The second-order valence-electron chi connectivity index (χ2n) is 5.49. The first-order valence-corrected chi connectivity index (χ1v) is 7.36. The highest BCUT2D eigenvalue weighted by Crippen LogP contribution is 2.14. The third-order valence-electron chi connectivity index (χ3n) is 3.56. The summed E-state index contributed by atoms with van der Waals surface area (Å²) < 4.78 is 0. The number of hydrogen-bond acceptors (Lipinski definition) is 3. The second kappa shape index (κ2) is 8.15. The van der Waals surface area contributed by atoms with Gasteiger partial charge in [-0.2, -0.15) is 0 Å². The Balaban J connectivity index is 2.21. The van der Waals surface area contributed by atoms with E-state index in [1.807, 2.05) is 18.7 Å².